The minimum atomic E-state index is -0.360. The Labute approximate surface area is 241 Å². The van der Waals surface area contributed by atoms with Gasteiger partial charge in [-0.25, -0.2) is 0 Å². The Kier molecular flexibility index (Phi) is 10.2. The molecule has 0 unspecified atom stereocenters. The first kappa shape index (κ1) is 29.7. The Hall–Kier alpha value is -2.32. The monoisotopic (exact) mass is 575 g/mol. The van der Waals surface area contributed by atoms with E-state index in [0.717, 1.165) is 37.7 Å². The molecule has 0 aromatic heterocycles. The van der Waals surface area contributed by atoms with Crippen molar-refractivity contribution in [3.8, 4) is 5.75 Å². The van der Waals surface area contributed by atoms with Crippen LogP contribution < -0.4 is 10.1 Å². The summed E-state index contributed by atoms with van der Waals surface area (Å²) >= 11 is 12.3. The van der Waals surface area contributed by atoms with Crippen molar-refractivity contribution in [3.63, 3.8) is 0 Å². The molecule has 1 aliphatic carbocycles. The third-order valence-corrected chi connectivity index (χ3v) is 8.59. The van der Waals surface area contributed by atoms with Crippen LogP contribution in [0.25, 0.3) is 0 Å². The van der Waals surface area contributed by atoms with Gasteiger partial charge in [0.25, 0.3) is 5.91 Å². The fourth-order valence-corrected chi connectivity index (χ4v) is 5.80. The lowest BCUT2D eigenvalue weighted by atomic mass is 9.88. The number of hydrogen-bond donors (Lipinski definition) is 2. The highest BCUT2D eigenvalue weighted by Crippen LogP contribution is 2.36. The lowest BCUT2D eigenvalue weighted by molar-refractivity contribution is -0.120. The Balaban J connectivity index is 1.63. The van der Waals surface area contributed by atoms with Crippen LogP contribution in [0.1, 0.15) is 61.9 Å². The average molecular weight is 577 g/mol. The number of carbonyl (C=O) groups is 2. The number of anilines is 1. The van der Waals surface area contributed by atoms with Gasteiger partial charge < -0.3 is 20.1 Å². The maximum Gasteiger partial charge on any atom is 0.258 e. The molecule has 39 heavy (non-hydrogen) atoms. The fraction of sp³-hybridized carbons (Fsp3) is 0.533. The minimum Gasteiger partial charge on any atom is -0.486 e. The zero-order chi connectivity index (χ0) is 28.1. The summed E-state index contributed by atoms with van der Waals surface area (Å²) in [6.07, 6.45) is 4.74. The molecule has 4 rings (SSSR count). The second-order valence-corrected chi connectivity index (χ2v) is 11.9. The maximum atomic E-state index is 13.7. The van der Waals surface area contributed by atoms with Crippen LogP contribution in [0.15, 0.2) is 36.4 Å². The number of nitrogens with zero attached hydrogens (tertiary/aromatic N) is 2. The number of para-hydroxylation sites is 1. The van der Waals surface area contributed by atoms with Crippen molar-refractivity contribution in [2.45, 2.75) is 64.6 Å². The number of rotatable bonds is 8. The summed E-state index contributed by atoms with van der Waals surface area (Å²) in [7, 11) is 2.01. The Morgan fingerprint density at radius 2 is 1.92 bits per heavy atom. The van der Waals surface area contributed by atoms with Gasteiger partial charge in [-0.15, -0.1) is 0 Å². The third kappa shape index (κ3) is 7.26. The standard InChI is InChI=1S/C30H39Cl2N3O4/c1-19-15-35(20(2)18-36)30(38)23-10-7-11-26(33-29(37)22-8-5-4-6-9-22)28(23)39-27(19)17-34(3)16-21-12-13-24(31)25(32)14-21/h7,10-14,19-20,22,27,36H,4-6,8-9,15-18H2,1-3H3,(H,33,37)/t19-,20+,27-/m1/s1. The highest BCUT2D eigenvalue weighted by atomic mass is 35.5. The van der Waals surface area contributed by atoms with E-state index >= 15 is 0 Å². The number of hydrogen-bond acceptors (Lipinski definition) is 5. The molecule has 1 saturated carbocycles. The van der Waals surface area contributed by atoms with Crippen LogP contribution in [0.4, 0.5) is 5.69 Å². The van der Waals surface area contributed by atoms with E-state index in [0.29, 0.717) is 46.7 Å². The van der Waals surface area contributed by atoms with Gasteiger partial charge in [-0.3, -0.25) is 14.5 Å². The number of aliphatic hydroxyl groups is 1. The van der Waals surface area contributed by atoms with Crippen molar-refractivity contribution in [1.29, 1.82) is 0 Å². The predicted molar refractivity (Wildman–Crippen MR) is 156 cm³/mol. The van der Waals surface area contributed by atoms with E-state index in [-0.39, 0.29) is 42.4 Å². The normalized spacial score (nSPS) is 21.1. The van der Waals surface area contributed by atoms with Crippen molar-refractivity contribution in [2.24, 2.45) is 11.8 Å². The molecule has 1 aliphatic heterocycles. The molecule has 0 radical (unpaired) electrons. The number of halogens is 2. The summed E-state index contributed by atoms with van der Waals surface area (Å²) < 4.78 is 6.64. The average Bonchev–Trinajstić information content (AvgIpc) is 2.93. The lowest BCUT2D eigenvalue weighted by Gasteiger charge is -2.38. The summed E-state index contributed by atoms with van der Waals surface area (Å²) in [5.41, 5.74) is 1.93. The molecule has 1 fully saturated rings. The second-order valence-electron chi connectivity index (χ2n) is 11.1. The second kappa shape index (κ2) is 13.4. The summed E-state index contributed by atoms with van der Waals surface area (Å²) in [6.45, 7) is 5.38. The third-order valence-electron chi connectivity index (χ3n) is 7.85. The number of carbonyl (C=O) groups excluding carboxylic acids is 2. The number of fused-ring (bicyclic) bond motifs is 1. The molecular weight excluding hydrogens is 537 g/mol. The molecule has 2 aromatic carbocycles. The first-order valence-electron chi connectivity index (χ1n) is 13.8. The van der Waals surface area contributed by atoms with E-state index < -0.39 is 0 Å². The summed E-state index contributed by atoms with van der Waals surface area (Å²) in [4.78, 5) is 30.7. The molecule has 2 aromatic rings. The van der Waals surface area contributed by atoms with E-state index in [4.69, 9.17) is 27.9 Å². The Bertz CT molecular complexity index is 1170. The summed E-state index contributed by atoms with van der Waals surface area (Å²) in [6, 6.07) is 10.5. The van der Waals surface area contributed by atoms with Gasteiger partial charge in [0.05, 0.1) is 33.9 Å². The van der Waals surface area contributed by atoms with Crippen LogP contribution >= 0.6 is 23.2 Å². The van der Waals surface area contributed by atoms with Crippen molar-refractivity contribution in [3.05, 3.63) is 57.6 Å². The maximum absolute atomic E-state index is 13.7. The first-order chi connectivity index (χ1) is 18.7. The van der Waals surface area contributed by atoms with E-state index in [2.05, 4.69) is 17.1 Å². The molecule has 7 nitrogen and oxygen atoms in total. The zero-order valence-corrected chi connectivity index (χ0v) is 24.5. The highest BCUT2D eigenvalue weighted by molar-refractivity contribution is 6.42. The Morgan fingerprint density at radius 1 is 1.18 bits per heavy atom. The SMILES string of the molecule is C[C@@H]1CN([C@@H](C)CO)C(=O)c2cccc(NC(=O)C3CCCCC3)c2O[C@@H]1CN(C)Cc1ccc(Cl)c(Cl)c1. The van der Waals surface area contributed by atoms with Crippen LogP contribution in [0.2, 0.25) is 10.0 Å². The predicted octanol–water partition coefficient (Wildman–Crippen LogP) is 5.86. The highest BCUT2D eigenvalue weighted by Gasteiger charge is 2.35. The first-order valence-corrected chi connectivity index (χ1v) is 14.6. The lowest BCUT2D eigenvalue weighted by Crippen LogP contribution is -2.49. The number of benzene rings is 2. The van der Waals surface area contributed by atoms with Crippen molar-refractivity contribution in [1.82, 2.24) is 9.80 Å². The number of amides is 2. The molecule has 2 N–H and O–H groups in total. The molecule has 2 amide bonds. The van der Waals surface area contributed by atoms with E-state index in [1.54, 1.807) is 29.2 Å². The fourth-order valence-electron chi connectivity index (χ4n) is 5.48. The van der Waals surface area contributed by atoms with Crippen molar-refractivity contribution >= 4 is 40.7 Å². The zero-order valence-electron chi connectivity index (χ0n) is 23.0. The van der Waals surface area contributed by atoms with Gasteiger partial charge >= 0.3 is 0 Å². The van der Waals surface area contributed by atoms with Gasteiger partial charge in [0.15, 0.2) is 5.75 Å². The largest absolute Gasteiger partial charge is 0.486 e. The summed E-state index contributed by atoms with van der Waals surface area (Å²) in [5, 5.41) is 14.0. The van der Waals surface area contributed by atoms with Crippen LogP contribution in [0, 0.1) is 11.8 Å². The molecule has 3 atom stereocenters. The van der Waals surface area contributed by atoms with Gasteiger partial charge in [0.1, 0.15) is 6.10 Å². The topological polar surface area (TPSA) is 82.1 Å². The summed E-state index contributed by atoms with van der Waals surface area (Å²) in [5.74, 6) is 0.0745. The minimum absolute atomic E-state index is 0.0249. The van der Waals surface area contributed by atoms with E-state index in [9.17, 15) is 14.7 Å². The van der Waals surface area contributed by atoms with Crippen LogP contribution in [0.3, 0.4) is 0 Å². The number of nitrogens with one attached hydrogen (secondary N) is 1. The molecule has 0 spiro atoms. The van der Waals surface area contributed by atoms with E-state index in [1.807, 2.05) is 26.1 Å². The molecule has 9 heteroatoms. The number of likely N-dealkylation sites (N-methyl/N-ethyl adjacent to an activating group) is 1. The van der Waals surface area contributed by atoms with Crippen LogP contribution in [0.5, 0.6) is 5.75 Å². The van der Waals surface area contributed by atoms with Gasteiger partial charge in [-0.05, 0) is 56.6 Å². The van der Waals surface area contributed by atoms with Crippen molar-refractivity contribution in [2.75, 3.05) is 32.1 Å². The molecule has 0 saturated heterocycles. The Morgan fingerprint density at radius 3 is 2.62 bits per heavy atom. The van der Waals surface area contributed by atoms with Gasteiger partial charge in [0.2, 0.25) is 5.91 Å². The molecule has 2 aliphatic rings. The van der Waals surface area contributed by atoms with Gasteiger partial charge in [-0.1, -0.05) is 61.5 Å². The van der Waals surface area contributed by atoms with Crippen LogP contribution in [-0.2, 0) is 11.3 Å². The number of ether oxygens (including phenoxy) is 1. The number of aliphatic hydroxyl groups excluding tert-OH is 1. The molecule has 1 heterocycles. The van der Waals surface area contributed by atoms with Crippen LogP contribution in [-0.4, -0.2) is 65.6 Å². The quantitative estimate of drug-likeness (QED) is 0.411. The van der Waals surface area contributed by atoms with E-state index in [1.165, 1.54) is 0 Å². The van der Waals surface area contributed by atoms with Gasteiger partial charge in [0, 0.05) is 31.5 Å². The molecular formula is C30H39Cl2N3O4. The van der Waals surface area contributed by atoms with Gasteiger partial charge in [-0.2, -0.15) is 0 Å². The molecule has 212 valence electrons. The molecule has 0 bridgehead atoms. The smallest absolute Gasteiger partial charge is 0.258 e. The van der Waals surface area contributed by atoms with Crippen molar-refractivity contribution < 1.29 is 19.4 Å².